The van der Waals surface area contributed by atoms with Gasteiger partial charge in [-0.25, -0.2) is 4.79 Å². The molecule has 0 spiro atoms. The third-order valence-electron chi connectivity index (χ3n) is 13.5. The molecule has 10 unspecified atom stereocenters. The maximum absolute atomic E-state index is 14.5. The van der Waals surface area contributed by atoms with E-state index in [4.69, 9.17) is 50.0 Å². The Morgan fingerprint density at radius 2 is 0.964 bits per heavy atom. The van der Waals surface area contributed by atoms with E-state index in [2.05, 4.69) is 41.9 Å². The minimum absolute atomic E-state index is 0.00646. The fraction of sp³-hybridized carbons (Fsp3) is 0.694. The summed E-state index contributed by atoms with van der Waals surface area (Å²) in [6.45, 7) is 4.98. The lowest BCUT2D eigenvalue weighted by Crippen LogP contribution is -2.61. The fourth-order valence-corrected chi connectivity index (χ4v) is 9.32. The summed E-state index contributed by atoms with van der Waals surface area (Å²) >= 11 is 0. The van der Waals surface area contributed by atoms with Crippen LogP contribution in [0.3, 0.4) is 0 Å². The predicted molar refractivity (Wildman–Crippen MR) is 294 cm³/mol. The first-order valence-corrected chi connectivity index (χ1v) is 27.1. The lowest BCUT2D eigenvalue weighted by Gasteiger charge is -2.32. The molecule has 0 aromatic heterocycles. The Morgan fingerprint density at radius 1 is 0.530 bits per heavy atom. The van der Waals surface area contributed by atoms with Crippen molar-refractivity contribution < 1.29 is 77.6 Å². The van der Waals surface area contributed by atoms with Crippen LogP contribution in [0.15, 0.2) is 9.98 Å². The Balaban J connectivity index is 0.00000568. The first-order chi connectivity index (χ1) is 38.9. The minimum Gasteiger partial charge on any atom is -0.481 e. The monoisotopic (exact) mass is 1180 g/mol. The smallest absolute Gasteiger partial charge is 0.326 e. The number of amides is 11. The van der Waals surface area contributed by atoms with Gasteiger partial charge in [0.25, 0.3) is 5.97 Å². The van der Waals surface area contributed by atoms with Gasteiger partial charge in [-0.2, -0.15) is 0 Å². The van der Waals surface area contributed by atoms with Gasteiger partial charge in [0.2, 0.25) is 65.0 Å². The molecule has 3 rings (SSSR count). The number of nitrogens with two attached hydrogens (primary N) is 7. The van der Waals surface area contributed by atoms with Crippen molar-refractivity contribution in [2.45, 2.75) is 172 Å². The number of primary amides is 2. The molecule has 23 N–H and O–H groups in total. The van der Waals surface area contributed by atoms with Gasteiger partial charge in [-0.05, 0) is 83.5 Å². The third-order valence-corrected chi connectivity index (χ3v) is 13.5. The summed E-state index contributed by atoms with van der Waals surface area (Å²) in [5.74, 6) is -12.3. The van der Waals surface area contributed by atoms with Crippen LogP contribution >= 0.6 is 0 Å². The highest BCUT2D eigenvalue weighted by Crippen LogP contribution is 2.23. The minimum atomic E-state index is -1.72. The largest absolute Gasteiger partial charge is 0.481 e. The number of carboxylic acid groups (broad SMARTS) is 2. The number of guanidine groups is 2. The van der Waals surface area contributed by atoms with Gasteiger partial charge in [-0.3, -0.25) is 67.5 Å². The highest BCUT2D eigenvalue weighted by molar-refractivity contribution is 6.00. The van der Waals surface area contributed by atoms with Gasteiger partial charge < -0.3 is 102 Å². The molecule has 34 heteroatoms. The first-order valence-electron chi connectivity index (χ1n) is 27.1. The van der Waals surface area contributed by atoms with Crippen LogP contribution in [0.25, 0.3) is 0 Å². The van der Waals surface area contributed by atoms with Crippen molar-refractivity contribution in [2.24, 2.45) is 56.0 Å². The Kier molecular flexibility index (Phi) is 29.6. The quantitative estimate of drug-likeness (QED) is 0.0174. The van der Waals surface area contributed by atoms with Gasteiger partial charge in [-0.15, -0.1) is 0 Å². The van der Waals surface area contributed by atoms with E-state index < -0.39 is 156 Å². The maximum Gasteiger partial charge on any atom is 0.326 e. The van der Waals surface area contributed by atoms with Crippen LogP contribution in [-0.4, -0.2) is 219 Å². The van der Waals surface area contributed by atoms with Crippen molar-refractivity contribution in [2.75, 3.05) is 39.3 Å². The second kappa shape index (κ2) is 34.8. The molecular weight excluding hydrogens is 1100 g/mol. The van der Waals surface area contributed by atoms with E-state index in [0.29, 0.717) is 12.8 Å². The number of carbonyl (C=O) groups excluding carboxylic acids is 11. The highest BCUT2D eigenvalue weighted by atomic mass is 16.4. The molecule has 0 aromatic carbocycles. The second-order valence-electron chi connectivity index (χ2n) is 20.5. The molecule has 3 aliphatic rings. The van der Waals surface area contributed by atoms with Crippen LogP contribution in [0.4, 0.5) is 0 Å². The number of rotatable bonds is 31. The number of aliphatic carboxylic acids is 2. The van der Waals surface area contributed by atoms with Gasteiger partial charge in [-0.1, -0.05) is 13.8 Å². The van der Waals surface area contributed by atoms with Gasteiger partial charge in [0, 0.05) is 46.1 Å². The lowest BCUT2D eigenvalue weighted by atomic mass is 10.0. The van der Waals surface area contributed by atoms with Gasteiger partial charge >= 0.3 is 5.97 Å². The van der Waals surface area contributed by atoms with Crippen LogP contribution in [0.2, 0.25) is 0 Å². The Hall–Kier alpha value is -8.43. The van der Waals surface area contributed by atoms with Crippen molar-refractivity contribution in [1.29, 1.82) is 0 Å². The summed E-state index contributed by atoms with van der Waals surface area (Å²) in [4.78, 5) is 180. The third kappa shape index (κ3) is 23.5. The van der Waals surface area contributed by atoms with E-state index >= 15 is 0 Å². The number of nitrogens with zero attached hydrogens (tertiary/aromatic N) is 5. The summed E-state index contributed by atoms with van der Waals surface area (Å²) in [5.41, 5.74) is 38.5. The topological polar surface area (TPSA) is 571 Å². The average molecular weight is 1180 g/mol. The molecule has 0 radical (unpaired) electrons. The zero-order chi connectivity index (χ0) is 62.8. The number of carbonyl (C=O) groups is 13. The van der Waals surface area contributed by atoms with E-state index in [-0.39, 0.29) is 109 Å². The first kappa shape index (κ1) is 70.7. The lowest BCUT2D eigenvalue weighted by molar-refractivity contribution is -0.149. The zero-order valence-electron chi connectivity index (χ0n) is 47.2. The maximum atomic E-state index is 14.5. The van der Waals surface area contributed by atoms with E-state index in [9.17, 15) is 67.7 Å². The van der Waals surface area contributed by atoms with Gasteiger partial charge in [0.15, 0.2) is 11.9 Å². The van der Waals surface area contributed by atoms with Crippen LogP contribution in [0.5, 0.6) is 0 Å². The number of likely N-dealkylation sites (tertiary alicyclic amines) is 3. The SMILES string of the molecule is CC(=O)O.CC(NC(=O)C(CCCN=C(N)N)NC(=O)C(CC(N)=O)NC(=O)C1CCCN1C(=O)C(CCCN=C(N)N)NC(=O)C(CO)NC(=O)C1CCCN1C(=O)C(NC(=O)C(N)CCC(N)=O)C(C)C)C(=O)N1CCCC1C(=O)O. The molecule has 3 heterocycles. The summed E-state index contributed by atoms with van der Waals surface area (Å²) in [6, 6.07) is -13.3. The standard InChI is InChI=1S/C47H80N18O14.C2H4O2/c1-23(2)35(62-36(69)25(48)14-15-33(49)67)44(77)64-19-7-12-31(64)41(74)61-29(22-66)39(72)59-27(10-5-17-56-47(53)54)43(76)63-18-6-11-30(63)40(73)60-28(21-34(50)68)38(71)58-26(9-4-16-55-46(51)52)37(70)57-24(3)42(75)65-20-8-13-32(65)45(78)79;1-2(3)4/h23-32,35,66H,4-22,48H2,1-3H3,(H2,49,67)(H2,50,68)(H,57,70)(H,58,71)(H,59,72)(H,60,73)(H,61,74)(H,62,69)(H,78,79)(H4,51,52,55)(H4,53,54,56);1H3,(H,3,4). The number of aliphatic imine (C=N–C) groups is 2. The van der Waals surface area contributed by atoms with Crippen LogP contribution in [0.1, 0.15) is 111 Å². The molecule has 3 aliphatic heterocycles. The molecule has 0 bridgehead atoms. The number of carboxylic acids is 2. The number of aliphatic hydroxyl groups is 1. The molecule has 3 saturated heterocycles. The summed E-state index contributed by atoms with van der Waals surface area (Å²) in [5, 5.41) is 42.4. The molecule has 11 amide bonds. The number of hydrogen-bond donors (Lipinski definition) is 16. The van der Waals surface area contributed by atoms with Crippen molar-refractivity contribution in [3.05, 3.63) is 0 Å². The van der Waals surface area contributed by atoms with E-state index in [0.717, 1.165) is 16.7 Å². The number of aliphatic hydroxyl groups excluding tert-OH is 1. The highest BCUT2D eigenvalue weighted by Gasteiger charge is 2.43. The van der Waals surface area contributed by atoms with Crippen molar-refractivity contribution in [3.63, 3.8) is 0 Å². The van der Waals surface area contributed by atoms with Crippen molar-refractivity contribution >= 4 is 88.8 Å². The van der Waals surface area contributed by atoms with Crippen molar-refractivity contribution in [1.82, 2.24) is 46.6 Å². The zero-order valence-corrected chi connectivity index (χ0v) is 47.2. The van der Waals surface area contributed by atoms with Crippen LogP contribution in [0, 0.1) is 5.92 Å². The Morgan fingerprint density at radius 3 is 1.42 bits per heavy atom. The summed E-state index contributed by atoms with van der Waals surface area (Å²) in [7, 11) is 0. The number of hydrogen-bond acceptors (Lipinski definition) is 17. The Labute approximate surface area is 478 Å². The molecule has 3 fully saturated rings. The normalized spacial score (nSPS) is 18.9. The molecular formula is C49H84N18O16. The van der Waals surface area contributed by atoms with Gasteiger partial charge in [0.05, 0.1) is 19.1 Å². The van der Waals surface area contributed by atoms with E-state index in [1.165, 1.54) is 11.8 Å². The van der Waals surface area contributed by atoms with Crippen LogP contribution < -0.4 is 72.0 Å². The molecule has 34 nitrogen and oxygen atoms in total. The van der Waals surface area contributed by atoms with E-state index in [1.54, 1.807) is 13.8 Å². The second-order valence-corrected chi connectivity index (χ2v) is 20.5. The average Bonchev–Trinajstić information content (AvgIpc) is 4.34. The Bertz CT molecular complexity index is 2400. The van der Waals surface area contributed by atoms with Crippen molar-refractivity contribution in [3.8, 4) is 0 Å². The molecule has 466 valence electrons. The fourth-order valence-electron chi connectivity index (χ4n) is 9.32. The molecule has 0 aliphatic carbocycles. The molecule has 83 heavy (non-hydrogen) atoms. The van der Waals surface area contributed by atoms with E-state index in [1.807, 2.05) is 0 Å². The predicted octanol–water partition coefficient (Wildman–Crippen LogP) is -7.71. The van der Waals surface area contributed by atoms with Crippen LogP contribution in [-0.2, 0) is 62.3 Å². The molecule has 10 atom stereocenters. The summed E-state index contributed by atoms with van der Waals surface area (Å²) in [6.07, 6.45) is 0.345. The molecule has 0 saturated carbocycles. The number of nitrogens with one attached hydrogen (secondary N) is 6. The van der Waals surface area contributed by atoms with Gasteiger partial charge in [0.1, 0.15) is 54.4 Å². The summed E-state index contributed by atoms with van der Waals surface area (Å²) < 4.78 is 0. The molecule has 0 aromatic rings.